The van der Waals surface area contributed by atoms with Crippen LogP contribution in [-0.2, 0) is 0 Å². The monoisotopic (exact) mass is 717 g/mol. The minimum Gasteiger partial charge on any atom is -0.310 e. The van der Waals surface area contributed by atoms with Gasteiger partial charge in [0.15, 0.2) is 11.6 Å². The van der Waals surface area contributed by atoms with Gasteiger partial charge in [0.2, 0.25) is 5.95 Å². The number of hydrogen-bond acceptors (Lipinski definition) is 4. The third kappa shape index (κ3) is 6.07. The summed E-state index contributed by atoms with van der Waals surface area (Å²) in [5.74, 6) is 1.81. The van der Waals surface area contributed by atoms with Crippen LogP contribution in [0.3, 0.4) is 0 Å². The fraction of sp³-hybridized carbons (Fsp3) is 0. The summed E-state index contributed by atoms with van der Waals surface area (Å²) in [4.78, 5) is 17.8. The molecule has 10 rings (SSSR count). The molecule has 0 aliphatic rings. The zero-order valence-electron chi connectivity index (χ0n) is 30.4. The van der Waals surface area contributed by atoms with Crippen LogP contribution in [0.2, 0.25) is 0 Å². The Hall–Kier alpha value is -7.63. The standard InChI is InChI=1S/C51H35N5/c1-4-17-36(18-5-1)39-21-16-24-42(35-39)55(40-22-8-3-9-23-40)41-33-31-37(32-34-41)43-25-10-11-28-46(43)50-52-49(38-19-6-2-7-20-38)53-51(54-50)56-47-29-14-12-26-44(47)45-27-13-15-30-48(45)56/h1-35H. The van der Waals surface area contributed by atoms with Gasteiger partial charge in [0, 0.05) is 39.0 Å². The SMILES string of the molecule is c1ccc(-c2cccc(N(c3ccccc3)c3ccc(-c4ccccc4-c4nc(-c5ccccc5)nc(-n5c6ccccc6c6ccccc65)n4)cc3)c2)cc1. The van der Waals surface area contributed by atoms with Crippen LogP contribution in [0.15, 0.2) is 212 Å². The van der Waals surface area contributed by atoms with Crippen molar-refractivity contribution in [1.82, 2.24) is 19.5 Å². The molecule has 0 saturated carbocycles. The predicted molar refractivity (Wildman–Crippen MR) is 231 cm³/mol. The Morgan fingerprint density at radius 2 is 0.821 bits per heavy atom. The van der Waals surface area contributed by atoms with Gasteiger partial charge in [-0.2, -0.15) is 9.97 Å². The van der Waals surface area contributed by atoms with E-state index in [1.165, 1.54) is 11.1 Å². The smallest absolute Gasteiger partial charge is 0.238 e. The number of anilines is 3. The maximum Gasteiger partial charge on any atom is 0.238 e. The quantitative estimate of drug-likeness (QED) is 0.157. The van der Waals surface area contributed by atoms with Gasteiger partial charge < -0.3 is 4.90 Å². The van der Waals surface area contributed by atoms with E-state index in [1.807, 2.05) is 30.3 Å². The second kappa shape index (κ2) is 14.3. The number of rotatable bonds is 8. The van der Waals surface area contributed by atoms with Gasteiger partial charge in [0.25, 0.3) is 0 Å². The maximum atomic E-state index is 5.25. The van der Waals surface area contributed by atoms with Crippen LogP contribution >= 0.6 is 0 Å². The molecule has 0 saturated heterocycles. The summed E-state index contributed by atoms with van der Waals surface area (Å²) in [6.45, 7) is 0. The minimum absolute atomic E-state index is 0.577. The zero-order chi connectivity index (χ0) is 37.3. The van der Waals surface area contributed by atoms with Crippen LogP contribution in [0.25, 0.3) is 72.8 Å². The molecule has 56 heavy (non-hydrogen) atoms. The van der Waals surface area contributed by atoms with Crippen LogP contribution in [0, 0.1) is 0 Å². The Balaban J connectivity index is 1.10. The number of fused-ring (bicyclic) bond motifs is 3. The molecule has 0 fully saturated rings. The van der Waals surface area contributed by atoms with Crippen molar-refractivity contribution in [2.24, 2.45) is 0 Å². The highest BCUT2D eigenvalue weighted by molar-refractivity contribution is 6.09. The van der Waals surface area contributed by atoms with Crippen LogP contribution in [0.1, 0.15) is 0 Å². The molecule has 8 aromatic carbocycles. The summed E-state index contributed by atoms with van der Waals surface area (Å²) in [5.41, 5.74) is 11.6. The van der Waals surface area contributed by atoms with E-state index in [1.54, 1.807) is 0 Å². The average Bonchev–Trinajstić information content (AvgIpc) is 3.62. The Morgan fingerprint density at radius 3 is 1.50 bits per heavy atom. The second-order valence-electron chi connectivity index (χ2n) is 13.7. The molecule has 0 atom stereocenters. The summed E-state index contributed by atoms with van der Waals surface area (Å²) in [7, 11) is 0. The van der Waals surface area contributed by atoms with Crippen molar-refractivity contribution in [3.8, 4) is 51.0 Å². The third-order valence-corrected chi connectivity index (χ3v) is 10.3. The van der Waals surface area contributed by atoms with Gasteiger partial charge in [-0.05, 0) is 70.8 Å². The normalized spacial score (nSPS) is 11.2. The first-order chi connectivity index (χ1) is 27.8. The first-order valence-corrected chi connectivity index (χ1v) is 18.8. The van der Waals surface area contributed by atoms with Crippen molar-refractivity contribution < 1.29 is 0 Å². The van der Waals surface area contributed by atoms with E-state index in [0.717, 1.165) is 61.1 Å². The predicted octanol–water partition coefficient (Wildman–Crippen LogP) is 13.1. The van der Waals surface area contributed by atoms with Crippen LogP contribution in [0.4, 0.5) is 17.1 Å². The molecule has 2 aromatic heterocycles. The van der Waals surface area contributed by atoms with Crippen molar-refractivity contribution >= 4 is 38.9 Å². The van der Waals surface area contributed by atoms with Gasteiger partial charge in [0.05, 0.1) is 11.0 Å². The van der Waals surface area contributed by atoms with E-state index >= 15 is 0 Å². The van der Waals surface area contributed by atoms with Crippen molar-refractivity contribution in [3.63, 3.8) is 0 Å². The van der Waals surface area contributed by atoms with Crippen molar-refractivity contribution in [3.05, 3.63) is 212 Å². The molecule has 5 heteroatoms. The van der Waals surface area contributed by atoms with E-state index in [-0.39, 0.29) is 0 Å². The fourth-order valence-corrected chi connectivity index (χ4v) is 7.64. The van der Waals surface area contributed by atoms with Crippen LogP contribution in [0.5, 0.6) is 0 Å². The molecule has 0 spiro atoms. The number of nitrogens with zero attached hydrogens (tertiary/aromatic N) is 5. The molecule has 5 nitrogen and oxygen atoms in total. The molecule has 2 heterocycles. The largest absolute Gasteiger partial charge is 0.310 e. The van der Waals surface area contributed by atoms with Crippen LogP contribution < -0.4 is 4.90 Å². The molecule has 0 aliphatic carbocycles. The number of para-hydroxylation sites is 3. The van der Waals surface area contributed by atoms with E-state index in [2.05, 4.69) is 191 Å². The summed E-state index contributed by atoms with van der Waals surface area (Å²) in [6.07, 6.45) is 0. The molecule has 0 radical (unpaired) electrons. The van der Waals surface area contributed by atoms with E-state index in [0.29, 0.717) is 17.6 Å². The van der Waals surface area contributed by atoms with E-state index in [9.17, 15) is 0 Å². The van der Waals surface area contributed by atoms with E-state index < -0.39 is 0 Å². The average molecular weight is 718 g/mol. The number of benzene rings is 8. The molecule has 0 amide bonds. The second-order valence-corrected chi connectivity index (χ2v) is 13.7. The fourth-order valence-electron chi connectivity index (χ4n) is 7.64. The van der Waals surface area contributed by atoms with Gasteiger partial charge >= 0.3 is 0 Å². The molecule has 264 valence electrons. The molecular formula is C51H35N5. The lowest BCUT2D eigenvalue weighted by Gasteiger charge is -2.26. The molecule has 0 unspecified atom stereocenters. The van der Waals surface area contributed by atoms with Crippen molar-refractivity contribution in [2.45, 2.75) is 0 Å². The van der Waals surface area contributed by atoms with Gasteiger partial charge in [-0.1, -0.05) is 164 Å². The van der Waals surface area contributed by atoms with Crippen molar-refractivity contribution in [1.29, 1.82) is 0 Å². The van der Waals surface area contributed by atoms with Crippen molar-refractivity contribution in [2.75, 3.05) is 4.90 Å². The molecule has 10 aromatic rings. The zero-order valence-corrected chi connectivity index (χ0v) is 30.4. The Kier molecular flexibility index (Phi) is 8.43. The first-order valence-electron chi connectivity index (χ1n) is 18.8. The molecule has 0 N–H and O–H groups in total. The van der Waals surface area contributed by atoms with Crippen LogP contribution in [-0.4, -0.2) is 19.5 Å². The highest BCUT2D eigenvalue weighted by Gasteiger charge is 2.20. The summed E-state index contributed by atoms with van der Waals surface area (Å²) >= 11 is 0. The van der Waals surface area contributed by atoms with E-state index in [4.69, 9.17) is 15.0 Å². The Morgan fingerprint density at radius 1 is 0.321 bits per heavy atom. The maximum absolute atomic E-state index is 5.25. The van der Waals surface area contributed by atoms with Gasteiger partial charge in [-0.3, -0.25) is 4.57 Å². The topological polar surface area (TPSA) is 46.8 Å². The summed E-state index contributed by atoms with van der Waals surface area (Å²) < 4.78 is 2.16. The van der Waals surface area contributed by atoms with Gasteiger partial charge in [0.1, 0.15) is 0 Å². The van der Waals surface area contributed by atoms with Gasteiger partial charge in [-0.15, -0.1) is 0 Å². The first kappa shape index (κ1) is 33.0. The molecular weight excluding hydrogens is 683 g/mol. The molecule has 0 bridgehead atoms. The highest BCUT2D eigenvalue weighted by atomic mass is 15.2. The third-order valence-electron chi connectivity index (χ3n) is 10.3. The highest BCUT2D eigenvalue weighted by Crippen LogP contribution is 2.39. The molecule has 0 aliphatic heterocycles. The Bertz CT molecular complexity index is 2900. The lowest BCUT2D eigenvalue weighted by atomic mass is 9.98. The Labute approximate surface area is 325 Å². The number of hydrogen-bond donors (Lipinski definition) is 0. The summed E-state index contributed by atoms with van der Waals surface area (Å²) in [5, 5.41) is 2.31. The van der Waals surface area contributed by atoms with Gasteiger partial charge in [-0.25, -0.2) is 4.98 Å². The lowest BCUT2D eigenvalue weighted by molar-refractivity contribution is 0.953. The minimum atomic E-state index is 0.577. The number of aromatic nitrogens is 4. The lowest BCUT2D eigenvalue weighted by Crippen LogP contribution is -2.09. The summed E-state index contributed by atoms with van der Waals surface area (Å²) in [6, 6.07) is 73.9.